The van der Waals surface area contributed by atoms with Crippen molar-refractivity contribution >= 4 is 45.2 Å². The van der Waals surface area contributed by atoms with Crippen LogP contribution >= 0.6 is 23.4 Å². The Kier molecular flexibility index (Phi) is 7.15. The van der Waals surface area contributed by atoms with Crippen molar-refractivity contribution in [2.24, 2.45) is 0 Å². The predicted octanol–water partition coefficient (Wildman–Crippen LogP) is 4.92. The molecule has 2 aromatic carbocycles. The highest BCUT2D eigenvalue weighted by atomic mass is 35.5. The standard InChI is InChI=1S/C26H27ClN4O2S/c1-18-7-8-19-16-20(24(27)28-23(19)15-18)17-34-26-29-22-6-3-2-5-21(22)25(32)31(26)10-4-9-30-11-13-33-14-12-30/h2-3,5-8,15-16H,4,9-14,17H2,1H3. The summed E-state index contributed by atoms with van der Waals surface area (Å²) in [5, 5.41) is 2.91. The predicted molar refractivity (Wildman–Crippen MR) is 139 cm³/mol. The molecule has 5 rings (SSSR count). The number of hydrogen-bond donors (Lipinski definition) is 0. The first-order valence-corrected chi connectivity index (χ1v) is 12.9. The van der Waals surface area contributed by atoms with Crippen LogP contribution in [0.4, 0.5) is 0 Å². The first kappa shape index (κ1) is 23.3. The molecule has 6 nitrogen and oxygen atoms in total. The molecular weight excluding hydrogens is 468 g/mol. The van der Waals surface area contributed by atoms with Gasteiger partial charge in [0.15, 0.2) is 5.16 Å². The van der Waals surface area contributed by atoms with Crippen LogP contribution in [0.5, 0.6) is 0 Å². The SMILES string of the molecule is Cc1ccc2cc(CSc3nc4ccccc4c(=O)n3CCCN3CCOCC3)c(Cl)nc2c1. The minimum absolute atomic E-state index is 0.00767. The summed E-state index contributed by atoms with van der Waals surface area (Å²) in [6.07, 6.45) is 0.880. The minimum atomic E-state index is 0.00767. The molecule has 1 fully saturated rings. The van der Waals surface area contributed by atoms with E-state index < -0.39 is 0 Å². The zero-order chi connectivity index (χ0) is 23.5. The van der Waals surface area contributed by atoms with Crippen molar-refractivity contribution in [3.63, 3.8) is 0 Å². The zero-order valence-electron chi connectivity index (χ0n) is 19.2. The number of thioether (sulfide) groups is 1. The normalized spacial score (nSPS) is 14.8. The summed E-state index contributed by atoms with van der Waals surface area (Å²) in [6, 6.07) is 15.8. The topological polar surface area (TPSA) is 60.2 Å². The van der Waals surface area contributed by atoms with Crippen LogP contribution < -0.4 is 5.56 Å². The second kappa shape index (κ2) is 10.4. The molecule has 0 amide bonds. The van der Waals surface area contributed by atoms with Gasteiger partial charge in [-0.3, -0.25) is 14.3 Å². The lowest BCUT2D eigenvalue weighted by Crippen LogP contribution is -2.37. The van der Waals surface area contributed by atoms with E-state index in [1.807, 2.05) is 41.8 Å². The van der Waals surface area contributed by atoms with Crippen molar-refractivity contribution in [2.45, 2.75) is 30.8 Å². The van der Waals surface area contributed by atoms with Crippen LogP contribution in [-0.4, -0.2) is 52.3 Å². The zero-order valence-corrected chi connectivity index (χ0v) is 20.7. The summed E-state index contributed by atoms with van der Waals surface area (Å²) in [5.41, 5.74) is 3.71. The second-order valence-electron chi connectivity index (χ2n) is 8.60. The summed E-state index contributed by atoms with van der Waals surface area (Å²) in [6.45, 7) is 7.05. The first-order valence-electron chi connectivity index (χ1n) is 11.6. The highest BCUT2D eigenvalue weighted by molar-refractivity contribution is 7.98. The molecule has 3 heterocycles. The monoisotopic (exact) mass is 494 g/mol. The average Bonchev–Trinajstić information content (AvgIpc) is 2.85. The van der Waals surface area contributed by atoms with Crippen LogP contribution in [0.15, 0.2) is 58.5 Å². The van der Waals surface area contributed by atoms with Gasteiger partial charge in [-0.2, -0.15) is 0 Å². The number of fused-ring (bicyclic) bond motifs is 2. The van der Waals surface area contributed by atoms with Crippen LogP contribution in [0.2, 0.25) is 5.15 Å². The molecule has 0 radical (unpaired) electrons. The van der Waals surface area contributed by atoms with E-state index in [1.165, 1.54) is 11.8 Å². The molecule has 0 atom stereocenters. The number of morpholine rings is 1. The summed E-state index contributed by atoms with van der Waals surface area (Å²) in [4.78, 5) is 25.2. The minimum Gasteiger partial charge on any atom is -0.379 e. The number of hydrogen-bond acceptors (Lipinski definition) is 6. The van der Waals surface area contributed by atoms with Gasteiger partial charge in [-0.1, -0.05) is 47.6 Å². The van der Waals surface area contributed by atoms with Gasteiger partial charge in [-0.25, -0.2) is 9.97 Å². The van der Waals surface area contributed by atoms with Crippen molar-refractivity contribution in [1.29, 1.82) is 0 Å². The number of para-hydroxylation sites is 1. The van der Waals surface area contributed by atoms with Gasteiger partial charge in [0.05, 0.1) is 29.6 Å². The van der Waals surface area contributed by atoms with Crippen molar-refractivity contribution in [3.8, 4) is 0 Å². The van der Waals surface area contributed by atoms with E-state index >= 15 is 0 Å². The van der Waals surface area contributed by atoms with Gasteiger partial charge in [-0.05, 0) is 43.2 Å². The Morgan fingerprint density at radius 3 is 2.71 bits per heavy atom. The highest BCUT2D eigenvalue weighted by Crippen LogP contribution is 2.28. The fourth-order valence-corrected chi connectivity index (χ4v) is 5.56. The summed E-state index contributed by atoms with van der Waals surface area (Å²) < 4.78 is 7.26. The Labute approximate surface area is 207 Å². The molecule has 1 aliphatic rings. The molecule has 2 aromatic heterocycles. The Morgan fingerprint density at radius 2 is 1.85 bits per heavy atom. The van der Waals surface area contributed by atoms with E-state index in [0.717, 1.165) is 66.8 Å². The van der Waals surface area contributed by atoms with Gasteiger partial charge in [0, 0.05) is 42.9 Å². The fraction of sp³-hybridized carbons (Fsp3) is 0.346. The number of rotatable bonds is 7. The molecule has 0 N–H and O–H groups in total. The highest BCUT2D eigenvalue weighted by Gasteiger charge is 2.15. The summed E-state index contributed by atoms with van der Waals surface area (Å²) in [5.74, 6) is 0.587. The van der Waals surface area contributed by atoms with Crippen LogP contribution in [0.1, 0.15) is 17.5 Å². The summed E-state index contributed by atoms with van der Waals surface area (Å²) in [7, 11) is 0. The lowest BCUT2D eigenvalue weighted by Gasteiger charge is -2.26. The third-order valence-electron chi connectivity index (χ3n) is 6.14. The number of nitrogens with zero attached hydrogens (tertiary/aromatic N) is 4. The fourth-order valence-electron chi connectivity index (χ4n) is 4.27. The Morgan fingerprint density at radius 1 is 1.03 bits per heavy atom. The third-order valence-corrected chi connectivity index (χ3v) is 7.49. The Balaban J connectivity index is 1.40. The molecule has 0 bridgehead atoms. The quantitative estimate of drug-likeness (QED) is 0.206. The molecule has 34 heavy (non-hydrogen) atoms. The van der Waals surface area contributed by atoms with Crippen molar-refractivity contribution in [1.82, 2.24) is 19.4 Å². The van der Waals surface area contributed by atoms with Crippen molar-refractivity contribution in [3.05, 3.63) is 75.2 Å². The second-order valence-corrected chi connectivity index (χ2v) is 9.90. The molecule has 0 spiro atoms. The molecule has 176 valence electrons. The maximum absolute atomic E-state index is 13.4. The van der Waals surface area contributed by atoms with Crippen LogP contribution in [0.25, 0.3) is 21.8 Å². The maximum atomic E-state index is 13.4. The van der Waals surface area contributed by atoms with Crippen molar-refractivity contribution in [2.75, 3.05) is 32.8 Å². The van der Waals surface area contributed by atoms with Crippen molar-refractivity contribution < 1.29 is 4.74 Å². The van der Waals surface area contributed by atoms with Gasteiger partial charge < -0.3 is 4.74 Å². The van der Waals surface area contributed by atoms with E-state index in [0.29, 0.717) is 28.0 Å². The lowest BCUT2D eigenvalue weighted by molar-refractivity contribution is 0.0368. The number of halogens is 1. The molecule has 1 aliphatic heterocycles. The van der Waals surface area contributed by atoms with Gasteiger partial charge in [0.2, 0.25) is 0 Å². The lowest BCUT2D eigenvalue weighted by atomic mass is 10.1. The third kappa shape index (κ3) is 5.13. The number of aromatic nitrogens is 3. The smallest absolute Gasteiger partial charge is 0.262 e. The van der Waals surface area contributed by atoms with Crippen LogP contribution in [-0.2, 0) is 17.0 Å². The maximum Gasteiger partial charge on any atom is 0.262 e. The molecule has 1 saturated heterocycles. The first-order chi connectivity index (χ1) is 16.6. The molecule has 0 aliphatic carbocycles. The van der Waals surface area contributed by atoms with E-state index in [9.17, 15) is 4.79 Å². The molecule has 8 heteroatoms. The number of benzene rings is 2. The average molecular weight is 495 g/mol. The van der Waals surface area contributed by atoms with E-state index in [1.54, 1.807) is 0 Å². The largest absolute Gasteiger partial charge is 0.379 e. The number of pyridine rings is 1. The molecule has 0 unspecified atom stereocenters. The van der Waals surface area contributed by atoms with E-state index in [4.69, 9.17) is 21.3 Å². The Hall–Kier alpha value is -2.45. The van der Waals surface area contributed by atoms with Gasteiger partial charge in [0.25, 0.3) is 5.56 Å². The summed E-state index contributed by atoms with van der Waals surface area (Å²) >= 11 is 8.06. The number of aryl methyl sites for hydroxylation is 1. The van der Waals surface area contributed by atoms with Gasteiger partial charge in [0.1, 0.15) is 5.15 Å². The van der Waals surface area contributed by atoms with E-state index in [-0.39, 0.29) is 5.56 Å². The van der Waals surface area contributed by atoms with Crippen LogP contribution in [0.3, 0.4) is 0 Å². The molecule has 4 aromatic rings. The van der Waals surface area contributed by atoms with Gasteiger partial charge in [-0.15, -0.1) is 0 Å². The molecule has 0 saturated carbocycles. The van der Waals surface area contributed by atoms with E-state index in [2.05, 4.69) is 28.1 Å². The Bertz CT molecular complexity index is 1380. The van der Waals surface area contributed by atoms with Gasteiger partial charge >= 0.3 is 0 Å². The number of ether oxygens (including phenoxy) is 1. The molecular formula is C26H27ClN4O2S. The van der Waals surface area contributed by atoms with Crippen LogP contribution in [0, 0.1) is 6.92 Å².